The molecular weight excluding hydrogens is 424 g/mol. The number of anilines is 1. The third kappa shape index (κ3) is 4.54. The number of hydrogen-bond donors (Lipinski definition) is 1. The van der Waals surface area contributed by atoms with E-state index in [1.807, 2.05) is 0 Å². The van der Waals surface area contributed by atoms with Gasteiger partial charge >= 0.3 is 6.18 Å². The lowest BCUT2D eigenvalue weighted by molar-refractivity contribution is -0.141. The van der Waals surface area contributed by atoms with E-state index in [0.29, 0.717) is 27.4 Å². The number of carbonyl (C=O) groups is 1. The maximum absolute atomic E-state index is 13.1. The van der Waals surface area contributed by atoms with Crippen molar-refractivity contribution < 1.29 is 18.0 Å². The first-order chi connectivity index (χ1) is 13.6. The van der Waals surface area contributed by atoms with Gasteiger partial charge in [0.15, 0.2) is 0 Å². The zero-order chi connectivity index (χ0) is 21.3. The quantitative estimate of drug-likeness (QED) is 0.480. The third-order valence-electron chi connectivity index (χ3n) is 4.32. The Hall–Kier alpha value is -2.57. The number of alkyl halides is 3. The van der Waals surface area contributed by atoms with Crippen LogP contribution in [0.25, 0.3) is 11.3 Å². The molecule has 0 unspecified atom stereocenters. The van der Waals surface area contributed by atoms with Gasteiger partial charge in [0.1, 0.15) is 5.69 Å². The number of benzene rings is 2. The number of nitrogens with one attached hydrogen (secondary N) is 1. The Labute approximate surface area is 175 Å². The van der Waals surface area contributed by atoms with Crippen LogP contribution in [0, 0.1) is 13.8 Å². The molecule has 0 spiro atoms. The highest BCUT2D eigenvalue weighted by atomic mass is 35.5. The summed E-state index contributed by atoms with van der Waals surface area (Å²) in [6, 6.07) is 11.7. The SMILES string of the molecule is Cc1ccc(C)c(-c2cccc(C(F)(F)F)n2)c1C(=O)Nc1ccc(Cl)c(Cl)c1. The molecule has 1 aromatic heterocycles. The molecule has 0 fully saturated rings. The highest BCUT2D eigenvalue weighted by molar-refractivity contribution is 6.42. The second-order valence-corrected chi connectivity index (χ2v) is 7.25. The van der Waals surface area contributed by atoms with Crippen LogP contribution in [-0.4, -0.2) is 10.9 Å². The van der Waals surface area contributed by atoms with Gasteiger partial charge in [0.25, 0.3) is 5.91 Å². The highest BCUT2D eigenvalue weighted by Gasteiger charge is 2.33. The number of pyridine rings is 1. The van der Waals surface area contributed by atoms with Crippen LogP contribution in [0.4, 0.5) is 18.9 Å². The van der Waals surface area contributed by atoms with E-state index < -0.39 is 17.8 Å². The van der Waals surface area contributed by atoms with Crippen LogP contribution in [0.1, 0.15) is 27.2 Å². The fourth-order valence-electron chi connectivity index (χ4n) is 2.93. The fraction of sp³-hybridized carbons (Fsp3) is 0.143. The van der Waals surface area contributed by atoms with E-state index in [9.17, 15) is 18.0 Å². The van der Waals surface area contributed by atoms with Crippen molar-refractivity contribution in [2.45, 2.75) is 20.0 Å². The molecule has 0 radical (unpaired) electrons. The number of rotatable bonds is 3. The predicted molar refractivity (Wildman–Crippen MR) is 109 cm³/mol. The molecule has 29 heavy (non-hydrogen) atoms. The minimum atomic E-state index is -4.59. The average molecular weight is 439 g/mol. The number of hydrogen-bond acceptors (Lipinski definition) is 2. The Morgan fingerprint density at radius 1 is 0.966 bits per heavy atom. The van der Waals surface area contributed by atoms with Crippen molar-refractivity contribution in [3.63, 3.8) is 0 Å². The van der Waals surface area contributed by atoms with Gasteiger partial charge in [-0.2, -0.15) is 13.2 Å². The van der Waals surface area contributed by atoms with Gasteiger partial charge in [0.05, 0.1) is 21.3 Å². The van der Waals surface area contributed by atoms with E-state index in [-0.39, 0.29) is 16.3 Å². The molecule has 0 aliphatic carbocycles. The van der Waals surface area contributed by atoms with Gasteiger partial charge in [-0.25, -0.2) is 4.98 Å². The molecule has 1 heterocycles. The van der Waals surface area contributed by atoms with Gasteiger partial charge in [0.2, 0.25) is 0 Å². The Kier molecular flexibility index (Phi) is 5.87. The first-order valence-corrected chi connectivity index (χ1v) is 9.24. The number of halogens is 5. The summed E-state index contributed by atoms with van der Waals surface area (Å²) in [6.45, 7) is 3.42. The Balaban J connectivity index is 2.10. The molecule has 0 bridgehead atoms. The van der Waals surface area contributed by atoms with Crippen molar-refractivity contribution in [3.05, 3.63) is 81.0 Å². The lowest BCUT2D eigenvalue weighted by Gasteiger charge is -2.16. The standard InChI is InChI=1S/C21H15Cl2F3N2O/c1-11-6-7-12(2)19(20(29)27-13-8-9-14(22)15(23)10-13)18(11)16-4-3-5-17(28-16)21(24,25)26/h3-10H,1-2H3,(H,27,29). The van der Waals surface area contributed by atoms with E-state index in [0.717, 1.165) is 6.07 Å². The minimum Gasteiger partial charge on any atom is -0.322 e. The predicted octanol–water partition coefficient (Wildman–Crippen LogP) is 6.94. The van der Waals surface area contributed by atoms with E-state index >= 15 is 0 Å². The lowest BCUT2D eigenvalue weighted by atomic mass is 9.93. The number of amides is 1. The molecule has 3 aromatic rings. The van der Waals surface area contributed by atoms with Gasteiger partial charge in [0, 0.05) is 11.3 Å². The smallest absolute Gasteiger partial charge is 0.322 e. The van der Waals surface area contributed by atoms with Crippen LogP contribution in [0.15, 0.2) is 48.5 Å². The average Bonchev–Trinajstić information content (AvgIpc) is 2.65. The largest absolute Gasteiger partial charge is 0.433 e. The topological polar surface area (TPSA) is 42.0 Å². The molecule has 3 nitrogen and oxygen atoms in total. The van der Waals surface area contributed by atoms with Crippen molar-refractivity contribution in [1.29, 1.82) is 0 Å². The molecule has 8 heteroatoms. The second-order valence-electron chi connectivity index (χ2n) is 6.44. The molecule has 1 N–H and O–H groups in total. The van der Waals surface area contributed by atoms with Gasteiger partial charge in [-0.05, 0) is 55.3 Å². The first kappa shape index (κ1) is 21.1. The molecule has 0 aliphatic heterocycles. The Bertz CT molecular complexity index is 1100. The molecule has 1 amide bonds. The maximum atomic E-state index is 13.1. The second kappa shape index (κ2) is 8.05. The van der Waals surface area contributed by atoms with Gasteiger partial charge in [-0.15, -0.1) is 0 Å². The summed E-state index contributed by atoms with van der Waals surface area (Å²) in [4.78, 5) is 16.8. The molecule has 0 atom stereocenters. The molecule has 0 saturated heterocycles. The molecule has 3 rings (SSSR count). The summed E-state index contributed by atoms with van der Waals surface area (Å²) in [7, 11) is 0. The van der Waals surface area contributed by atoms with Crippen molar-refractivity contribution in [2.24, 2.45) is 0 Å². The normalized spacial score (nSPS) is 11.4. The molecule has 0 saturated carbocycles. The minimum absolute atomic E-state index is 0.0697. The van der Waals surface area contributed by atoms with Crippen LogP contribution in [0.2, 0.25) is 10.0 Å². The first-order valence-electron chi connectivity index (χ1n) is 8.49. The van der Waals surface area contributed by atoms with Crippen molar-refractivity contribution in [2.75, 3.05) is 5.32 Å². The summed E-state index contributed by atoms with van der Waals surface area (Å²) in [5.41, 5.74) is 1.26. The summed E-state index contributed by atoms with van der Waals surface area (Å²) in [6.07, 6.45) is -4.59. The van der Waals surface area contributed by atoms with E-state index in [1.54, 1.807) is 32.0 Å². The Morgan fingerprint density at radius 3 is 2.31 bits per heavy atom. The van der Waals surface area contributed by atoms with Crippen LogP contribution in [0.3, 0.4) is 0 Å². The number of carbonyl (C=O) groups excluding carboxylic acids is 1. The van der Waals surface area contributed by atoms with Gasteiger partial charge < -0.3 is 5.32 Å². The number of nitrogens with zero attached hydrogens (tertiary/aromatic N) is 1. The van der Waals surface area contributed by atoms with E-state index in [2.05, 4.69) is 10.3 Å². The van der Waals surface area contributed by atoms with Crippen LogP contribution < -0.4 is 5.32 Å². The summed E-state index contributed by atoms with van der Waals surface area (Å²) < 4.78 is 39.3. The zero-order valence-electron chi connectivity index (χ0n) is 15.4. The third-order valence-corrected chi connectivity index (χ3v) is 5.06. The summed E-state index contributed by atoms with van der Waals surface area (Å²) >= 11 is 11.9. The van der Waals surface area contributed by atoms with Crippen molar-refractivity contribution in [3.8, 4) is 11.3 Å². The maximum Gasteiger partial charge on any atom is 0.433 e. The van der Waals surface area contributed by atoms with E-state index in [1.165, 1.54) is 24.3 Å². The van der Waals surface area contributed by atoms with Crippen molar-refractivity contribution >= 4 is 34.8 Å². The monoisotopic (exact) mass is 438 g/mol. The molecule has 2 aromatic carbocycles. The lowest BCUT2D eigenvalue weighted by Crippen LogP contribution is -2.16. The van der Waals surface area contributed by atoms with Crippen LogP contribution >= 0.6 is 23.2 Å². The Morgan fingerprint density at radius 2 is 1.66 bits per heavy atom. The van der Waals surface area contributed by atoms with Crippen LogP contribution in [0.5, 0.6) is 0 Å². The molecule has 0 aliphatic rings. The van der Waals surface area contributed by atoms with Gasteiger partial charge in [-0.3, -0.25) is 4.79 Å². The summed E-state index contributed by atoms with van der Waals surface area (Å²) in [5, 5.41) is 3.32. The summed E-state index contributed by atoms with van der Waals surface area (Å²) in [5.74, 6) is -0.487. The zero-order valence-corrected chi connectivity index (χ0v) is 16.9. The van der Waals surface area contributed by atoms with E-state index in [4.69, 9.17) is 23.2 Å². The van der Waals surface area contributed by atoms with Crippen molar-refractivity contribution in [1.82, 2.24) is 4.98 Å². The van der Waals surface area contributed by atoms with Crippen LogP contribution in [-0.2, 0) is 6.18 Å². The van der Waals surface area contributed by atoms with Gasteiger partial charge in [-0.1, -0.05) is 41.4 Å². The number of aryl methyl sites for hydroxylation is 2. The highest BCUT2D eigenvalue weighted by Crippen LogP contribution is 2.33. The molecular formula is C21H15Cl2F3N2O. The fourth-order valence-corrected chi connectivity index (χ4v) is 3.23. The number of aromatic nitrogens is 1. The molecule has 150 valence electrons.